The fraction of sp³-hybridized carbons (Fsp3) is 0.300. The van der Waals surface area contributed by atoms with E-state index in [-0.39, 0.29) is 28.4 Å². The molecule has 56 heavy (non-hydrogen) atoms. The summed E-state index contributed by atoms with van der Waals surface area (Å²) in [4.78, 5) is 14.8. The van der Waals surface area contributed by atoms with Crippen molar-refractivity contribution in [2.45, 2.75) is 97.1 Å². The SMILES string of the molecule is CC(C)(C)c1ccnc(-n2c3ccc(C(C)(C)C)cc3c3ccc(Oc4cc(C5=N[C@@H]6Cc7c(cccc7C(C)(C)C)[C@@H]6O5)cc(-c5ccccn5)c4)cc32)c1. The van der Waals surface area contributed by atoms with Crippen LogP contribution in [0.3, 0.4) is 0 Å². The van der Waals surface area contributed by atoms with Gasteiger partial charge < -0.3 is 9.47 Å². The van der Waals surface area contributed by atoms with E-state index >= 15 is 0 Å². The zero-order valence-corrected chi connectivity index (χ0v) is 33.9. The maximum Gasteiger partial charge on any atom is 0.217 e. The molecule has 1 aliphatic carbocycles. The van der Waals surface area contributed by atoms with Crippen molar-refractivity contribution in [1.29, 1.82) is 0 Å². The zero-order chi connectivity index (χ0) is 39.1. The Morgan fingerprint density at radius 2 is 1.41 bits per heavy atom. The van der Waals surface area contributed by atoms with Crippen LogP contribution in [0.15, 0.2) is 121 Å². The molecule has 0 amide bonds. The first-order valence-electron chi connectivity index (χ1n) is 19.8. The molecule has 0 spiro atoms. The molecular formula is C50H50N4O2. The van der Waals surface area contributed by atoms with E-state index in [1.54, 1.807) is 0 Å². The molecule has 3 aromatic heterocycles. The molecule has 0 bridgehead atoms. The third-order valence-corrected chi connectivity index (χ3v) is 11.4. The van der Waals surface area contributed by atoms with Crippen molar-refractivity contribution < 1.29 is 9.47 Å². The Labute approximate surface area is 330 Å². The molecule has 4 aromatic carbocycles. The van der Waals surface area contributed by atoms with Crippen LogP contribution in [-0.4, -0.2) is 26.5 Å². The van der Waals surface area contributed by atoms with Gasteiger partial charge in [0.1, 0.15) is 23.4 Å². The van der Waals surface area contributed by atoms with E-state index < -0.39 is 0 Å². The Kier molecular flexibility index (Phi) is 8.28. The van der Waals surface area contributed by atoms with Crippen LogP contribution in [0.1, 0.15) is 102 Å². The number of hydrogen-bond donors (Lipinski definition) is 0. The number of pyridine rings is 2. The molecule has 6 nitrogen and oxygen atoms in total. The van der Waals surface area contributed by atoms with Crippen molar-refractivity contribution in [3.8, 4) is 28.6 Å². The fourth-order valence-electron chi connectivity index (χ4n) is 8.41. The average Bonchev–Trinajstić information content (AvgIpc) is 3.83. The Balaban J connectivity index is 1.14. The summed E-state index contributed by atoms with van der Waals surface area (Å²) >= 11 is 0. The maximum absolute atomic E-state index is 6.82. The highest BCUT2D eigenvalue weighted by molar-refractivity contribution is 6.10. The minimum absolute atomic E-state index is 0.0110. The van der Waals surface area contributed by atoms with Crippen LogP contribution in [0.25, 0.3) is 38.9 Å². The van der Waals surface area contributed by atoms with Gasteiger partial charge in [0.15, 0.2) is 0 Å². The van der Waals surface area contributed by atoms with E-state index in [1.165, 1.54) is 33.2 Å². The van der Waals surface area contributed by atoms with Gasteiger partial charge in [-0.05, 0) is 117 Å². The lowest BCUT2D eigenvalue weighted by Crippen LogP contribution is -2.14. The predicted molar refractivity (Wildman–Crippen MR) is 229 cm³/mol. The molecule has 0 fully saturated rings. The number of benzene rings is 4. The first-order valence-corrected chi connectivity index (χ1v) is 19.8. The first kappa shape index (κ1) is 35.9. The highest BCUT2D eigenvalue weighted by Crippen LogP contribution is 2.45. The smallest absolute Gasteiger partial charge is 0.217 e. The van der Waals surface area contributed by atoms with E-state index in [0.717, 1.165) is 51.2 Å². The van der Waals surface area contributed by atoms with E-state index in [2.05, 4.69) is 146 Å². The molecular weight excluding hydrogens is 689 g/mol. The Bertz CT molecular complexity index is 2690. The van der Waals surface area contributed by atoms with Crippen molar-refractivity contribution in [3.05, 3.63) is 149 Å². The summed E-state index contributed by atoms with van der Waals surface area (Å²) < 4.78 is 15.8. The second-order valence-electron chi connectivity index (χ2n) is 18.6. The summed E-state index contributed by atoms with van der Waals surface area (Å²) in [6.45, 7) is 20.3. The van der Waals surface area contributed by atoms with Crippen molar-refractivity contribution >= 4 is 27.7 Å². The highest BCUT2D eigenvalue weighted by Gasteiger charge is 2.42. The molecule has 9 rings (SSSR count). The summed E-state index contributed by atoms with van der Waals surface area (Å²) in [6, 6.07) is 36.4. The maximum atomic E-state index is 6.82. The summed E-state index contributed by atoms with van der Waals surface area (Å²) in [5.41, 5.74) is 11.4. The molecule has 1 aliphatic heterocycles. The molecule has 2 aliphatic rings. The summed E-state index contributed by atoms with van der Waals surface area (Å²) in [5.74, 6) is 2.94. The second kappa shape index (κ2) is 12.9. The van der Waals surface area contributed by atoms with Gasteiger partial charge in [0, 0.05) is 40.4 Å². The summed E-state index contributed by atoms with van der Waals surface area (Å²) in [5, 5.41) is 2.35. The van der Waals surface area contributed by atoms with Gasteiger partial charge in [0.05, 0.1) is 22.8 Å². The van der Waals surface area contributed by atoms with Crippen LogP contribution in [0.4, 0.5) is 0 Å². The molecule has 282 valence electrons. The quantitative estimate of drug-likeness (QED) is 0.176. The van der Waals surface area contributed by atoms with Gasteiger partial charge in [-0.15, -0.1) is 0 Å². The first-order chi connectivity index (χ1) is 26.6. The van der Waals surface area contributed by atoms with Gasteiger partial charge in [-0.3, -0.25) is 9.55 Å². The molecule has 0 N–H and O–H groups in total. The number of fused-ring (bicyclic) bond motifs is 6. The van der Waals surface area contributed by atoms with Crippen molar-refractivity contribution in [1.82, 2.24) is 14.5 Å². The largest absolute Gasteiger partial charge is 0.467 e. The molecule has 0 saturated heterocycles. The monoisotopic (exact) mass is 738 g/mol. The predicted octanol–water partition coefficient (Wildman–Crippen LogP) is 12.4. The van der Waals surface area contributed by atoms with Crippen LogP contribution in [0, 0.1) is 0 Å². The highest BCUT2D eigenvalue weighted by atomic mass is 16.5. The Morgan fingerprint density at radius 3 is 2.16 bits per heavy atom. The molecule has 0 unspecified atom stereocenters. The van der Waals surface area contributed by atoms with Gasteiger partial charge in [-0.25, -0.2) is 9.98 Å². The van der Waals surface area contributed by atoms with E-state index in [1.807, 2.05) is 36.7 Å². The van der Waals surface area contributed by atoms with Crippen LogP contribution >= 0.6 is 0 Å². The van der Waals surface area contributed by atoms with Gasteiger partial charge in [0.2, 0.25) is 5.90 Å². The lowest BCUT2D eigenvalue weighted by Gasteiger charge is -2.23. The number of rotatable bonds is 5. The lowest BCUT2D eigenvalue weighted by atomic mass is 9.82. The van der Waals surface area contributed by atoms with E-state index in [0.29, 0.717) is 11.6 Å². The van der Waals surface area contributed by atoms with E-state index in [4.69, 9.17) is 24.4 Å². The molecule has 7 aromatic rings. The van der Waals surface area contributed by atoms with Crippen LogP contribution in [0.2, 0.25) is 0 Å². The van der Waals surface area contributed by atoms with E-state index in [9.17, 15) is 0 Å². The number of hydrogen-bond acceptors (Lipinski definition) is 5. The molecule has 0 saturated carbocycles. The minimum Gasteiger partial charge on any atom is -0.467 e. The third-order valence-electron chi connectivity index (χ3n) is 11.4. The van der Waals surface area contributed by atoms with Crippen molar-refractivity contribution in [3.63, 3.8) is 0 Å². The Hall–Kier alpha value is -5.75. The fourth-order valence-corrected chi connectivity index (χ4v) is 8.41. The van der Waals surface area contributed by atoms with Gasteiger partial charge in [-0.2, -0.15) is 0 Å². The number of nitrogens with zero attached hydrogens (tertiary/aromatic N) is 4. The molecule has 6 heteroatoms. The average molecular weight is 739 g/mol. The number of aromatic nitrogens is 3. The van der Waals surface area contributed by atoms with Gasteiger partial charge >= 0.3 is 0 Å². The van der Waals surface area contributed by atoms with Crippen LogP contribution < -0.4 is 4.74 Å². The second-order valence-corrected chi connectivity index (χ2v) is 18.6. The van der Waals surface area contributed by atoms with Gasteiger partial charge in [-0.1, -0.05) is 92.6 Å². The molecule has 4 heterocycles. The summed E-state index contributed by atoms with van der Waals surface area (Å²) in [6.07, 6.45) is 4.52. The van der Waals surface area contributed by atoms with Gasteiger partial charge in [0.25, 0.3) is 0 Å². The van der Waals surface area contributed by atoms with Crippen LogP contribution in [-0.2, 0) is 27.4 Å². The number of ether oxygens (including phenoxy) is 2. The third kappa shape index (κ3) is 6.35. The summed E-state index contributed by atoms with van der Waals surface area (Å²) in [7, 11) is 0. The standard InChI is InChI=1S/C50H50N4O2/c1-48(2,3)32-16-19-43-39(26-32)36-18-17-34(28-44(36)54(43)45-27-33(20-22-52-45)49(4,5)6)55-35-24-30(41-15-10-11-21-51-41)23-31(25-35)47-53-42-29-38-37(46(42)56-47)13-12-14-40(38)50(7,8)9/h10-28,42,46H,29H2,1-9H3/t42-,46+/m1/s1. The topological polar surface area (TPSA) is 61.5 Å². The van der Waals surface area contributed by atoms with Crippen LogP contribution in [0.5, 0.6) is 11.5 Å². The normalized spacial score (nSPS) is 16.8. The zero-order valence-electron chi connectivity index (χ0n) is 33.9. The van der Waals surface area contributed by atoms with Crippen molar-refractivity contribution in [2.75, 3.05) is 0 Å². The van der Waals surface area contributed by atoms with Crippen molar-refractivity contribution in [2.24, 2.45) is 4.99 Å². The lowest BCUT2D eigenvalue weighted by molar-refractivity contribution is 0.209. The number of aliphatic imine (C=N–C) groups is 1. The Morgan fingerprint density at radius 1 is 0.625 bits per heavy atom. The molecule has 2 atom stereocenters. The minimum atomic E-state index is -0.0984. The molecule has 0 radical (unpaired) electrons.